The van der Waals surface area contributed by atoms with Crippen LogP contribution in [0.5, 0.6) is 0 Å². The van der Waals surface area contributed by atoms with Gasteiger partial charge in [-0.05, 0) is 34.4 Å². The van der Waals surface area contributed by atoms with E-state index in [0.29, 0.717) is 0 Å². The van der Waals surface area contributed by atoms with Gasteiger partial charge in [0, 0.05) is 33.7 Å². The van der Waals surface area contributed by atoms with Crippen LogP contribution in [-0.2, 0) is 0 Å². The molecule has 38 heavy (non-hydrogen) atoms. The minimum absolute atomic E-state index is 0.913. The van der Waals surface area contributed by atoms with E-state index in [4.69, 9.17) is 9.97 Å². The Morgan fingerprint density at radius 2 is 0.947 bits per heavy atom. The second-order valence-corrected chi connectivity index (χ2v) is 9.40. The highest BCUT2D eigenvalue weighted by Crippen LogP contribution is 2.47. The fourth-order valence-electron chi connectivity index (χ4n) is 5.41. The lowest BCUT2D eigenvalue weighted by atomic mass is 9.85. The van der Waals surface area contributed by atoms with Gasteiger partial charge in [0.05, 0.1) is 16.7 Å². The van der Waals surface area contributed by atoms with Crippen LogP contribution < -0.4 is 0 Å². The summed E-state index contributed by atoms with van der Waals surface area (Å²) in [5, 5.41) is 2.20. The SMILES string of the molecule is c1ccc(-c2nc3c(c(-c4ccccc4)cc4cccnc43)c(-c3ccccc3)c2-c2ccccc2)cc1. The first kappa shape index (κ1) is 22.1. The quantitative estimate of drug-likeness (QED) is 0.233. The van der Waals surface area contributed by atoms with Crippen LogP contribution in [0.4, 0.5) is 0 Å². The smallest absolute Gasteiger partial charge is 0.0985 e. The summed E-state index contributed by atoms with van der Waals surface area (Å²) in [5.74, 6) is 0. The van der Waals surface area contributed by atoms with Gasteiger partial charge in [-0.3, -0.25) is 4.98 Å². The first-order valence-electron chi connectivity index (χ1n) is 12.9. The molecule has 178 valence electrons. The third kappa shape index (κ3) is 3.75. The number of rotatable bonds is 4. The molecule has 0 N–H and O–H groups in total. The van der Waals surface area contributed by atoms with Gasteiger partial charge in [-0.25, -0.2) is 4.98 Å². The summed E-state index contributed by atoms with van der Waals surface area (Å²) in [5.41, 5.74) is 10.8. The third-order valence-corrected chi connectivity index (χ3v) is 7.09. The van der Waals surface area contributed by atoms with Crippen LogP contribution in [0, 0.1) is 0 Å². The predicted molar refractivity (Wildman–Crippen MR) is 159 cm³/mol. The molecule has 5 aromatic carbocycles. The Labute approximate surface area is 221 Å². The maximum atomic E-state index is 5.46. The minimum Gasteiger partial charge on any atom is -0.254 e. The Morgan fingerprint density at radius 3 is 1.55 bits per heavy atom. The fourth-order valence-corrected chi connectivity index (χ4v) is 5.41. The maximum Gasteiger partial charge on any atom is 0.0985 e. The van der Waals surface area contributed by atoms with E-state index in [1.165, 1.54) is 5.56 Å². The molecule has 2 nitrogen and oxygen atoms in total. The molecule has 0 aliphatic rings. The molecule has 0 fully saturated rings. The first-order chi connectivity index (χ1) is 18.9. The van der Waals surface area contributed by atoms with Crippen LogP contribution in [0.1, 0.15) is 0 Å². The summed E-state index contributed by atoms with van der Waals surface area (Å²) >= 11 is 0. The van der Waals surface area contributed by atoms with Crippen molar-refractivity contribution in [1.29, 1.82) is 0 Å². The van der Waals surface area contributed by atoms with Crippen molar-refractivity contribution in [2.45, 2.75) is 0 Å². The number of fused-ring (bicyclic) bond motifs is 3. The molecule has 0 aliphatic carbocycles. The molecule has 0 atom stereocenters. The molecule has 0 bridgehead atoms. The van der Waals surface area contributed by atoms with Crippen LogP contribution in [0.25, 0.3) is 66.4 Å². The number of pyridine rings is 2. The summed E-state index contributed by atoms with van der Waals surface area (Å²) in [6.07, 6.45) is 1.86. The van der Waals surface area contributed by atoms with Gasteiger partial charge in [-0.2, -0.15) is 0 Å². The lowest BCUT2D eigenvalue weighted by Crippen LogP contribution is -1.99. The predicted octanol–water partition coefficient (Wildman–Crippen LogP) is 9.45. The number of benzene rings is 5. The molecule has 7 aromatic rings. The van der Waals surface area contributed by atoms with Crippen LogP contribution >= 0.6 is 0 Å². The van der Waals surface area contributed by atoms with Gasteiger partial charge in [0.25, 0.3) is 0 Å². The molecular weight excluding hydrogens is 460 g/mol. The zero-order chi connectivity index (χ0) is 25.3. The van der Waals surface area contributed by atoms with Crippen molar-refractivity contribution in [1.82, 2.24) is 9.97 Å². The Kier molecular flexibility index (Phi) is 5.49. The van der Waals surface area contributed by atoms with Crippen LogP contribution in [0.15, 0.2) is 146 Å². The first-order valence-corrected chi connectivity index (χ1v) is 12.9. The van der Waals surface area contributed by atoms with Crippen molar-refractivity contribution < 1.29 is 0 Å². The zero-order valence-electron chi connectivity index (χ0n) is 20.8. The molecule has 0 radical (unpaired) electrons. The second-order valence-electron chi connectivity index (χ2n) is 9.40. The number of nitrogens with zero attached hydrogens (tertiary/aromatic N) is 2. The van der Waals surface area contributed by atoms with Gasteiger partial charge in [-0.1, -0.05) is 127 Å². The molecule has 0 unspecified atom stereocenters. The highest BCUT2D eigenvalue weighted by Gasteiger charge is 2.23. The summed E-state index contributed by atoms with van der Waals surface area (Å²) in [4.78, 5) is 10.3. The van der Waals surface area contributed by atoms with Crippen molar-refractivity contribution in [2.75, 3.05) is 0 Å². The molecule has 2 heteroatoms. The van der Waals surface area contributed by atoms with Crippen molar-refractivity contribution in [3.63, 3.8) is 0 Å². The molecule has 7 rings (SSSR count). The van der Waals surface area contributed by atoms with E-state index < -0.39 is 0 Å². The van der Waals surface area contributed by atoms with E-state index in [9.17, 15) is 0 Å². The second kappa shape index (κ2) is 9.42. The fraction of sp³-hybridized carbons (Fsp3) is 0. The summed E-state index contributed by atoms with van der Waals surface area (Å²) in [7, 11) is 0. The van der Waals surface area contributed by atoms with Gasteiger partial charge in [0.2, 0.25) is 0 Å². The highest BCUT2D eigenvalue weighted by atomic mass is 14.8. The van der Waals surface area contributed by atoms with Crippen LogP contribution in [0.2, 0.25) is 0 Å². The third-order valence-electron chi connectivity index (χ3n) is 7.09. The van der Waals surface area contributed by atoms with Crippen LogP contribution in [-0.4, -0.2) is 9.97 Å². The van der Waals surface area contributed by atoms with E-state index in [1.807, 2.05) is 12.3 Å². The Bertz CT molecular complexity index is 1880. The largest absolute Gasteiger partial charge is 0.254 e. The van der Waals surface area contributed by atoms with Gasteiger partial charge >= 0.3 is 0 Å². The van der Waals surface area contributed by atoms with Crippen molar-refractivity contribution in [3.8, 4) is 44.6 Å². The Balaban J connectivity index is 1.77. The van der Waals surface area contributed by atoms with E-state index in [-0.39, 0.29) is 0 Å². The minimum atomic E-state index is 0.913. The number of aromatic nitrogens is 2. The standard InChI is InChI=1S/C36H24N2/c1-5-14-25(15-6-1)30-24-29-22-13-23-37-35(29)36-33(30)31(26-16-7-2-8-17-26)32(27-18-9-3-10-19-27)34(38-36)28-20-11-4-12-21-28/h1-24H. The highest BCUT2D eigenvalue weighted by molar-refractivity contribution is 6.19. The average Bonchev–Trinajstić information content (AvgIpc) is 3.01. The summed E-state index contributed by atoms with van der Waals surface area (Å²) in [6.45, 7) is 0. The normalized spacial score (nSPS) is 11.2. The van der Waals surface area contributed by atoms with Gasteiger partial charge < -0.3 is 0 Å². The molecule has 2 aromatic heterocycles. The van der Waals surface area contributed by atoms with Crippen LogP contribution in [0.3, 0.4) is 0 Å². The van der Waals surface area contributed by atoms with E-state index in [1.54, 1.807) is 0 Å². The maximum absolute atomic E-state index is 5.46. The number of hydrogen-bond acceptors (Lipinski definition) is 2. The summed E-state index contributed by atoms with van der Waals surface area (Å²) in [6, 6.07) is 48.8. The molecule has 0 spiro atoms. The molecule has 0 saturated heterocycles. The summed E-state index contributed by atoms with van der Waals surface area (Å²) < 4.78 is 0. The van der Waals surface area contributed by atoms with E-state index in [0.717, 1.165) is 60.9 Å². The van der Waals surface area contributed by atoms with Gasteiger partial charge in [-0.15, -0.1) is 0 Å². The Hall–Kier alpha value is -5.08. The zero-order valence-corrected chi connectivity index (χ0v) is 20.8. The molecular formula is C36H24N2. The van der Waals surface area contributed by atoms with E-state index in [2.05, 4.69) is 133 Å². The van der Waals surface area contributed by atoms with Gasteiger partial charge in [0.15, 0.2) is 0 Å². The van der Waals surface area contributed by atoms with Crippen molar-refractivity contribution in [3.05, 3.63) is 146 Å². The number of hydrogen-bond donors (Lipinski definition) is 0. The topological polar surface area (TPSA) is 25.8 Å². The molecule has 0 amide bonds. The molecule has 2 heterocycles. The molecule has 0 saturated carbocycles. The van der Waals surface area contributed by atoms with Crippen molar-refractivity contribution >= 4 is 21.8 Å². The average molecular weight is 485 g/mol. The van der Waals surface area contributed by atoms with E-state index >= 15 is 0 Å². The molecule has 0 aliphatic heterocycles. The lowest BCUT2D eigenvalue weighted by molar-refractivity contribution is 1.37. The Morgan fingerprint density at radius 1 is 0.421 bits per heavy atom. The lowest BCUT2D eigenvalue weighted by Gasteiger charge is -2.21. The monoisotopic (exact) mass is 484 g/mol. The van der Waals surface area contributed by atoms with Crippen molar-refractivity contribution in [2.24, 2.45) is 0 Å². The van der Waals surface area contributed by atoms with Gasteiger partial charge in [0.1, 0.15) is 0 Å².